The molecular formula is C24H29N3O2. The third-order valence-corrected chi connectivity index (χ3v) is 5.80. The van der Waals surface area contributed by atoms with Gasteiger partial charge in [0.05, 0.1) is 17.8 Å². The third-order valence-electron chi connectivity index (χ3n) is 5.80. The molecule has 1 atom stereocenters. The number of aryl methyl sites for hydroxylation is 2. The molecule has 0 bridgehead atoms. The van der Waals surface area contributed by atoms with Gasteiger partial charge in [0.1, 0.15) is 0 Å². The molecule has 29 heavy (non-hydrogen) atoms. The second-order valence-electron chi connectivity index (χ2n) is 8.18. The van der Waals surface area contributed by atoms with E-state index in [1.54, 1.807) is 12.1 Å². The summed E-state index contributed by atoms with van der Waals surface area (Å²) in [6.45, 7) is 2.27. The summed E-state index contributed by atoms with van der Waals surface area (Å²) in [5.74, 6) is -0.278. The fourth-order valence-corrected chi connectivity index (χ4v) is 3.86. The summed E-state index contributed by atoms with van der Waals surface area (Å²) < 4.78 is 0. The maximum Gasteiger partial charge on any atom is 0.253 e. The second kappa shape index (κ2) is 8.78. The quantitative estimate of drug-likeness (QED) is 0.673. The first-order valence-corrected chi connectivity index (χ1v) is 10.6. The summed E-state index contributed by atoms with van der Waals surface area (Å²) in [5, 5.41) is 9.16. The van der Waals surface area contributed by atoms with Crippen LogP contribution in [0.2, 0.25) is 0 Å². The van der Waals surface area contributed by atoms with Gasteiger partial charge >= 0.3 is 0 Å². The number of rotatable bonds is 7. The maximum absolute atomic E-state index is 12.5. The summed E-state index contributed by atoms with van der Waals surface area (Å²) in [6, 6.07) is 14.2. The Bertz CT molecular complexity index is 905. The van der Waals surface area contributed by atoms with Crippen molar-refractivity contribution in [3.8, 4) is 0 Å². The zero-order chi connectivity index (χ0) is 20.2. The third kappa shape index (κ3) is 5.04. The van der Waals surface area contributed by atoms with E-state index in [2.05, 4.69) is 41.1 Å². The van der Waals surface area contributed by atoms with Crippen molar-refractivity contribution in [1.82, 2.24) is 10.6 Å². The van der Waals surface area contributed by atoms with Crippen LogP contribution in [-0.4, -0.2) is 24.4 Å². The smallest absolute Gasteiger partial charge is 0.253 e. The lowest BCUT2D eigenvalue weighted by Gasteiger charge is -2.20. The molecule has 0 saturated heterocycles. The first kappa shape index (κ1) is 19.6. The molecule has 1 fully saturated rings. The van der Waals surface area contributed by atoms with Crippen LogP contribution in [0.1, 0.15) is 65.7 Å². The van der Waals surface area contributed by atoms with E-state index in [0.717, 1.165) is 19.3 Å². The van der Waals surface area contributed by atoms with Gasteiger partial charge in [0.2, 0.25) is 5.91 Å². The van der Waals surface area contributed by atoms with Crippen molar-refractivity contribution < 1.29 is 9.59 Å². The molecule has 5 heteroatoms. The van der Waals surface area contributed by atoms with Crippen LogP contribution >= 0.6 is 0 Å². The molecule has 4 rings (SSSR count). The van der Waals surface area contributed by atoms with Gasteiger partial charge in [-0.2, -0.15) is 0 Å². The predicted octanol–water partition coefficient (Wildman–Crippen LogP) is 3.75. The van der Waals surface area contributed by atoms with E-state index >= 15 is 0 Å². The van der Waals surface area contributed by atoms with Gasteiger partial charge in [-0.15, -0.1) is 0 Å². The molecule has 0 radical (unpaired) electrons. The molecule has 1 saturated carbocycles. The van der Waals surface area contributed by atoms with Gasteiger partial charge in [0, 0.05) is 12.1 Å². The van der Waals surface area contributed by atoms with Crippen LogP contribution in [0, 0.1) is 0 Å². The molecule has 5 nitrogen and oxygen atoms in total. The van der Waals surface area contributed by atoms with E-state index in [1.807, 2.05) is 12.1 Å². The highest BCUT2D eigenvalue weighted by molar-refractivity contribution is 6.04. The highest BCUT2D eigenvalue weighted by atomic mass is 16.2. The summed E-state index contributed by atoms with van der Waals surface area (Å²) in [7, 11) is 0. The highest BCUT2D eigenvalue weighted by Gasteiger charge is 2.25. The molecule has 152 valence electrons. The van der Waals surface area contributed by atoms with Gasteiger partial charge in [0.15, 0.2) is 0 Å². The van der Waals surface area contributed by atoms with Crippen molar-refractivity contribution in [3.05, 3.63) is 64.7 Å². The van der Waals surface area contributed by atoms with E-state index in [9.17, 15) is 9.59 Å². The lowest BCUT2D eigenvalue weighted by molar-refractivity contribution is -0.115. The number of benzene rings is 2. The Balaban J connectivity index is 1.34. The predicted molar refractivity (Wildman–Crippen MR) is 115 cm³/mol. The molecule has 0 aliphatic heterocycles. The molecular weight excluding hydrogens is 362 g/mol. The fraction of sp³-hybridized carbons (Fsp3) is 0.417. The highest BCUT2D eigenvalue weighted by Crippen LogP contribution is 2.25. The van der Waals surface area contributed by atoms with Crippen molar-refractivity contribution >= 4 is 17.5 Å². The first-order chi connectivity index (χ1) is 14.1. The van der Waals surface area contributed by atoms with Crippen LogP contribution in [0.15, 0.2) is 42.5 Å². The molecule has 2 aliphatic carbocycles. The monoisotopic (exact) mass is 391 g/mol. The molecule has 3 N–H and O–H groups in total. The van der Waals surface area contributed by atoms with Crippen LogP contribution in [0.5, 0.6) is 0 Å². The first-order valence-electron chi connectivity index (χ1n) is 10.6. The maximum atomic E-state index is 12.5. The summed E-state index contributed by atoms with van der Waals surface area (Å²) in [5.41, 5.74) is 5.19. The minimum atomic E-state index is -0.151. The normalized spacial score (nSPS) is 16.6. The molecule has 0 spiro atoms. The minimum Gasteiger partial charge on any atom is -0.349 e. The van der Waals surface area contributed by atoms with Gasteiger partial charge in [0.25, 0.3) is 5.91 Å². The Morgan fingerprint density at radius 2 is 1.79 bits per heavy atom. The lowest BCUT2D eigenvalue weighted by Crippen LogP contribution is -2.31. The second-order valence-corrected chi connectivity index (χ2v) is 8.18. The van der Waals surface area contributed by atoms with Crippen molar-refractivity contribution in [2.45, 2.75) is 57.5 Å². The summed E-state index contributed by atoms with van der Waals surface area (Å²) in [4.78, 5) is 24.9. The van der Waals surface area contributed by atoms with E-state index < -0.39 is 0 Å². The zero-order valence-electron chi connectivity index (χ0n) is 17.0. The van der Waals surface area contributed by atoms with E-state index in [4.69, 9.17) is 0 Å². The van der Waals surface area contributed by atoms with Crippen LogP contribution in [-0.2, 0) is 17.6 Å². The Kier molecular flexibility index (Phi) is 5.95. The number of amides is 2. The number of fused-ring (bicyclic) bond motifs is 1. The average Bonchev–Trinajstić information content (AvgIpc) is 3.56. The topological polar surface area (TPSA) is 70.2 Å². The number of nitrogens with one attached hydrogen (secondary N) is 3. The molecule has 2 aliphatic rings. The zero-order valence-corrected chi connectivity index (χ0v) is 17.0. The largest absolute Gasteiger partial charge is 0.349 e. The van der Waals surface area contributed by atoms with Crippen molar-refractivity contribution in [2.75, 3.05) is 11.9 Å². The SMILES string of the molecule is C[C@@H](NCC(=O)Nc1ccccc1C(=O)NC1CC1)c1ccc2c(c1)CCCC2. The van der Waals surface area contributed by atoms with Crippen LogP contribution < -0.4 is 16.0 Å². The van der Waals surface area contributed by atoms with Crippen LogP contribution in [0.25, 0.3) is 0 Å². The number of anilines is 1. The van der Waals surface area contributed by atoms with Crippen LogP contribution in [0.3, 0.4) is 0 Å². The van der Waals surface area contributed by atoms with Gasteiger partial charge in [-0.1, -0.05) is 30.3 Å². The van der Waals surface area contributed by atoms with E-state index in [-0.39, 0.29) is 30.4 Å². The van der Waals surface area contributed by atoms with Crippen molar-refractivity contribution in [3.63, 3.8) is 0 Å². The van der Waals surface area contributed by atoms with Gasteiger partial charge in [-0.05, 0) is 74.3 Å². The lowest BCUT2D eigenvalue weighted by atomic mass is 9.89. The molecule has 2 aromatic carbocycles. The standard InChI is InChI=1S/C24H29N3O2/c1-16(18-11-10-17-6-2-3-7-19(17)14-18)25-15-23(28)27-22-9-5-4-8-21(22)24(29)26-20-12-13-20/h4-5,8-11,14,16,20,25H,2-3,6-7,12-13,15H2,1H3,(H,26,29)(H,27,28)/t16-/m1/s1. The van der Waals surface area contributed by atoms with E-state index in [1.165, 1.54) is 36.0 Å². The molecule has 0 unspecified atom stereocenters. The van der Waals surface area contributed by atoms with Crippen molar-refractivity contribution in [2.24, 2.45) is 0 Å². The van der Waals surface area contributed by atoms with Crippen molar-refractivity contribution in [1.29, 1.82) is 0 Å². The van der Waals surface area contributed by atoms with E-state index in [0.29, 0.717) is 11.3 Å². The number of hydrogen-bond acceptors (Lipinski definition) is 3. The summed E-state index contributed by atoms with van der Waals surface area (Å²) in [6.07, 6.45) is 6.92. The van der Waals surface area contributed by atoms with Crippen LogP contribution in [0.4, 0.5) is 5.69 Å². The minimum absolute atomic E-state index is 0.0846. The number of para-hydroxylation sites is 1. The molecule has 0 heterocycles. The number of hydrogen-bond donors (Lipinski definition) is 3. The Labute approximate surface area is 172 Å². The average molecular weight is 392 g/mol. The fourth-order valence-electron chi connectivity index (χ4n) is 3.86. The number of carbonyl (C=O) groups excluding carboxylic acids is 2. The van der Waals surface area contributed by atoms with Gasteiger partial charge in [-0.25, -0.2) is 0 Å². The number of carbonyl (C=O) groups is 2. The Morgan fingerprint density at radius 3 is 2.59 bits per heavy atom. The Hall–Kier alpha value is -2.66. The molecule has 2 amide bonds. The summed E-state index contributed by atoms with van der Waals surface area (Å²) >= 11 is 0. The Morgan fingerprint density at radius 1 is 1.03 bits per heavy atom. The van der Waals surface area contributed by atoms with Gasteiger partial charge in [-0.3, -0.25) is 9.59 Å². The van der Waals surface area contributed by atoms with Gasteiger partial charge < -0.3 is 16.0 Å². The molecule has 2 aromatic rings. The molecule has 0 aromatic heterocycles.